The molecule has 23 heavy (non-hydrogen) atoms. The first-order valence-electron chi connectivity index (χ1n) is 6.21. The van der Waals surface area contributed by atoms with E-state index in [-0.39, 0.29) is 33.0 Å². The second-order valence-electron chi connectivity index (χ2n) is 4.59. The molecular weight excluding hydrogens is 332 g/mol. The maximum Gasteiger partial charge on any atom is 0.281 e. The lowest BCUT2D eigenvalue weighted by Gasteiger charge is -2.06. The molecule has 2 aromatic carbocycles. The highest BCUT2D eigenvalue weighted by atomic mass is 35.5. The highest BCUT2D eigenvalue weighted by Gasteiger charge is 2.21. The number of hydrogen-bond acceptors (Lipinski definition) is 4. The molecule has 0 fully saturated rings. The molecule has 116 valence electrons. The summed E-state index contributed by atoms with van der Waals surface area (Å²) < 4.78 is 26.6. The SMILES string of the molecule is O=c1[nH]c(-c2c(Cl)cccc2[N+](=O)[O-])nc2cc(F)c(F)cc12. The first-order valence-corrected chi connectivity index (χ1v) is 6.58. The van der Waals surface area contributed by atoms with Crippen molar-refractivity contribution in [2.75, 3.05) is 0 Å². The van der Waals surface area contributed by atoms with Crippen LogP contribution in [-0.2, 0) is 0 Å². The van der Waals surface area contributed by atoms with Crippen molar-refractivity contribution in [2.24, 2.45) is 0 Å². The van der Waals surface area contributed by atoms with Gasteiger partial charge in [0.15, 0.2) is 11.6 Å². The number of fused-ring (bicyclic) bond motifs is 1. The normalized spacial score (nSPS) is 10.9. The van der Waals surface area contributed by atoms with E-state index < -0.39 is 22.1 Å². The first kappa shape index (κ1) is 15.0. The topological polar surface area (TPSA) is 88.9 Å². The molecule has 9 heteroatoms. The molecule has 0 aliphatic heterocycles. The molecule has 3 rings (SSSR count). The maximum atomic E-state index is 13.3. The molecule has 1 N–H and O–H groups in total. The van der Waals surface area contributed by atoms with E-state index in [1.54, 1.807) is 0 Å². The van der Waals surface area contributed by atoms with Crippen LogP contribution < -0.4 is 5.56 Å². The number of nitrogens with one attached hydrogen (secondary N) is 1. The van der Waals surface area contributed by atoms with E-state index in [1.807, 2.05) is 0 Å². The number of nitrogens with zero attached hydrogens (tertiary/aromatic N) is 2. The van der Waals surface area contributed by atoms with E-state index in [9.17, 15) is 23.7 Å². The Labute approximate surface area is 131 Å². The van der Waals surface area contributed by atoms with E-state index in [2.05, 4.69) is 9.97 Å². The number of nitro groups is 1. The molecule has 0 atom stereocenters. The van der Waals surface area contributed by atoms with Crippen LogP contribution in [0.25, 0.3) is 22.3 Å². The Morgan fingerprint density at radius 3 is 2.61 bits per heavy atom. The molecule has 0 bridgehead atoms. The molecule has 6 nitrogen and oxygen atoms in total. The number of hydrogen-bond donors (Lipinski definition) is 1. The van der Waals surface area contributed by atoms with Gasteiger partial charge in [-0.3, -0.25) is 14.9 Å². The molecule has 3 aromatic rings. The number of halogens is 3. The molecule has 0 aliphatic rings. The fraction of sp³-hybridized carbons (Fsp3) is 0. The number of H-pyrrole nitrogens is 1. The van der Waals surface area contributed by atoms with Crippen LogP contribution in [0, 0.1) is 21.7 Å². The van der Waals surface area contributed by atoms with Gasteiger partial charge in [0.2, 0.25) is 0 Å². The molecule has 0 amide bonds. The molecule has 0 unspecified atom stereocenters. The van der Waals surface area contributed by atoms with E-state index in [0.717, 1.165) is 6.07 Å². The van der Waals surface area contributed by atoms with Gasteiger partial charge in [-0.2, -0.15) is 0 Å². The van der Waals surface area contributed by atoms with Crippen LogP contribution in [0.15, 0.2) is 35.1 Å². The van der Waals surface area contributed by atoms with Crippen molar-refractivity contribution in [1.29, 1.82) is 0 Å². The second-order valence-corrected chi connectivity index (χ2v) is 5.00. The summed E-state index contributed by atoms with van der Waals surface area (Å²) in [5.74, 6) is -2.58. The Morgan fingerprint density at radius 1 is 1.22 bits per heavy atom. The molecular formula is C14H6ClF2N3O3. The van der Waals surface area contributed by atoms with Gasteiger partial charge in [0.25, 0.3) is 11.2 Å². The summed E-state index contributed by atoms with van der Waals surface area (Å²) in [5.41, 5.74) is -1.39. The second kappa shape index (κ2) is 5.40. The van der Waals surface area contributed by atoms with Gasteiger partial charge in [-0.15, -0.1) is 0 Å². The third-order valence-corrected chi connectivity index (χ3v) is 3.49. The minimum absolute atomic E-state index is 0.00992. The Kier molecular flexibility index (Phi) is 3.53. The fourth-order valence-electron chi connectivity index (χ4n) is 2.15. The number of aromatic amines is 1. The molecule has 0 aliphatic carbocycles. The molecule has 0 saturated heterocycles. The van der Waals surface area contributed by atoms with Gasteiger partial charge in [-0.05, 0) is 12.1 Å². The standard InChI is InChI=1S/C14H6ClF2N3O3/c15-7-2-1-3-11(20(22)23)12(7)13-18-10-5-9(17)8(16)4-6(10)14(21)19-13/h1-5H,(H,18,19,21). The zero-order valence-corrected chi connectivity index (χ0v) is 11.9. The lowest BCUT2D eigenvalue weighted by Crippen LogP contribution is -2.11. The summed E-state index contributed by atoms with van der Waals surface area (Å²) in [6.07, 6.45) is 0. The Morgan fingerprint density at radius 2 is 1.91 bits per heavy atom. The third kappa shape index (κ3) is 2.53. The van der Waals surface area contributed by atoms with Crippen LogP contribution in [-0.4, -0.2) is 14.9 Å². The van der Waals surface area contributed by atoms with Gasteiger partial charge >= 0.3 is 0 Å². The van der Waals surface area contributed by atoms with Gasteiger partial charge in [0.1, 0.15) is 11.4 Å². The predicted octanol–water partition coefficient (Wildman–Crippen LogP) is 3.43. The monoisotopic (exact) mass is 337 g/mol. The third-order valence-electron chi connectivity index (χ3n) is 3.17. The summed E-state index contributed by atoms with van der Waals surface area (Å²) >= 11 is 5.97. The van der Waals surface area contributed by atoms with Crippen molar-refractivity contribution in [3.8, 4) is 11.4 Å². The highest BCUT2D eigenvalue weighted by Crippen LogP contribution is 2.34. The lowest BCUT2D eigenvalue weighted by atomic mass is 10.1. The molecule has 0 spiro atoms. The van der Waals surface area contributed by atoms with Crippen molar-refractivity contribution in [2.45, 2.75) is 0 Å². The summed E-state index contributed by atoms with van der Waals surface area (Å²) in [5, 5.41) is 10.9. The lowest BCUT2D eigenvalue weighted by molar-refractivity contribution is -0.384. The smallest absolute Gasteiger partial charge is 0.281 e. The van der Waals surface area contributed by atoms with Gasteiger partial charge in [-0.25, -0.2) is 13.8 Å². The Bertz CT molecular complexity index is 1020. The van der Waals surface area contributed by atoms with Crippen LogP contribution in [0.4, 0.5) is 14.5 Å². The Hall–Kier alpha value is -2.87. The summed E-state index contributed by atoms with van der Waals surface area (Å²) in [7, 11) is 0. The Balaban J connectivity index is 2.37. The van der Waals surface area contributed by atoms with Crippen molar-refractivity contribution in [1.82, 2.24) is 9.97 Å². The molecule has 0 saturated carbocycles. The van der Waals surface area contributed by atoms with Crippen molar-refractivity contribution in [3.63, 3.8) is 0 Å². The number of nitro benzene ring substituents is 1. The average Bonchev–Trinajstić information content (AvgIpc) is 2.48. The largest absolute Gasteiger partial charge is 0.306 e. The van der Waals surface area contributed by atoms with Crippen LogP contribution in [0.1, 0.15) is 0 Å². The molecule has 0 radical (unpaired) electrons. The van der Waals surface area contributed by atoms with Crippen molar-refractivity contribution >= 4 is 28.2 Å². The van der Waals surface area contributed by atoms with Crippen molar-refractivity contribution < 1.29 is 13.7 Å². The van der Waals surface area contributed by atoms with Crippen LogP contribution in [0.3, 0.4) is 0 Å². The van der Waals surface area contributed by atoms with Crippen LogP contribution in [0.2, 0.25) is 5.02 Å². The van der Waals surface area contributed by atoms with Gasteiger partial charge in [0.05, 0.1) is 20.8 Å². The minimum atomic E-state index is -1.19. The van der Waals surface area contributed by atoms with E-state index in [4.69, 9.17) is 11.6 Å². The quantitative estimate of drug-likeness (QED) is 0.573. The van der Waals surface area contributed by atoms with Gasteiger partial charge in [0, 0.05) is 12.1 Å². The molecule has 1 heterocycles. The van der Waals surface area contributed by atoms with Gasteiger partial charge < -0.3 is 4.98 Å². The zero-order valence-electron chi connectivity index (χ0n) is 11.1. The van der Waals surface area contributed by atoms with E-state index in [1.165, 1.54) is 18.2 Å². The van der Waals surface area contributed by atoms with Crippen molar-refractivity contribution in [3.05, 3.63) is 67.5 Å². The first-order chi connectivity index (χ1) is 10.9. The summed E-state index contributed by atoms with van der Waals surface area (Å²) in [6, 6.07) is 5.40. The van der Waals surface area contributed by atoms with Crippen LogP contribution in [0.5, 0.6) is 0 Å². The maximum absolute atomic E-state index is 13.3. The summed E-state index contributed by atoms with van der Waals surface area (Å²) in [6.45, 7) is 0. The van der Waals surface area contributed by atoms with E-state index >= 15 is 0 Å². The predicted molar refractivity (Wildman–Crippen MR) is 79.4 cm³/mol. The number of rotatable bonds is 2. The van der Waals surface area contributed by atoms with Crippen LogP contribution >= 0.6 is 11.6 Å². The minimum Gasteiger partial charge on any atom is -0.306 e. The fourth-order valence-corrected chi connectivity index (χ4v) is 2.41. The number of aromatic nitrogens is 2. The highest BCUT2D eigenvalue weighted by molar-refractivity contribution is 6.33. The van der Waals surface area contributed by atoms with E-state index in [0.29, 0.717) is 6.07 Å². The van der Waals surface area contributed by atoms with Gasteiger partial charge in [-0.1, -0.05) is 17.7 Å². The average molecular weight is 338 g/mol. The summed E-state index contributed by atoms with van der Waals surface area (Å²) in [4.78, 5) is 28.7. The number of benzene rings is 2. The molecule has 1 aromatic heterocycles. The zero-order chi connectivity index (χ0) is 16.7.